The van der Waals surface area contributed by atoms with Gasteiger partial charge in [0.25, 0.3) is 11.0 Å². The molecule has 0 atom stereocenters. The van der Waals surface area contributed by atoms with Crippen LogP contribution < -0.4 is 4.18 Å². The summed E-state index contributed by atoms with van der Waals surface area (Å²) in [5.41, 5.74) is 1.58. The van der Waals surface area contributed by atoms with Crippen molar-refractivity contribution in [2.75, 3.05) is 0 Å². The van der Waals surface area contributed by atoms with Gasteiger partial charge in [0.2, 0.25) is 5.06 Å². The van der Waals surface area contributed by atoms with Crippen molar-refractivity contribution in [3.8, 4) is 16.2 Å². The Morgan fingerprint density at radius 3 is 2.57 bits per heavy atom. The summed E-state index contributed by atoms with van der Waals surface area (Å²) >= 11 is 1.29. The van der Waals surface area contributed by atoms with Gasteiger partial charge in [-0.05, 0) is 30.0 Å². The number of hydrogen-bond acceptors (Lipinski definition) is 5. The summed E-state index contributed by atoms with van der Waals surface area (Å²) in [6.07, 6.45) is 4.37. The Kier molecular flexibility index (Phi) is 6.67. The van der Waals surface area contributed by atoms with Crippen LogP contribution in [0.5, 0.6) is 5.06 Å². The second-order valence-corrected chi connectivity index (χ2v) is 10.5. The van der Waals surface area contributed by atoms with Gasteiger partial charge < -0.3 is 8.75 Å². The molecule has 0 unspecified atom stereocenters. The van der Waals surface area contributed by atoms with Gasteiger partial charge in [0.05, 0.1) is 6.54 Å². The first-order valence-corrected chi connectivity index (χ1v) is 11.7. The van der Waals surface area contributed by atoms with E-state index >= 15 is 0 Å². The van der Waals surface area contributed by atoms with E-state index in [1.165, 1.54) is 17.4 Å². The molecule has 0 fully saturated rings. The summed E-state index contributed by atoms with van der Waals surface area (Å²) in [5, 5.41) is 0.276. The van der Waals surface area contributed by atoms with Crippen LogP contribution in [0.3, 0.4) is 0 Å². The van der Waals surface area contributed by atoms with Crippen LogP contribution in [0, 0.1) is 11.7 Å². The Morgan fingerprint density at radius 2 is 1.97 bits per heavy atom. The second kappa shape index (κ2) is 8.89. The van der Waals surface area contributed by atoms with Crippen molar-refractivity contribution in [3.05, 3.63) is 58.7 Å². The van der Waals surface area contributed by atoms with E-state index in [1.807, 2.05) is 16.8 Å². The lowest BCUT2D eigenvalue weighted by Gasteiger charge is -2.20. The molecule has 0 saturated heterocycles. The summed E-state index contributed by atoms with van der Waals surface area (Å²) in [6.45, 7) is 10.8. The third-order valence-corrected chi connectivity index (χ3v) is 6.10. The van der Waals surface area contributed by atoms with Gasteiger partial charge in [0.15, 0.2) is 0 Å². The molecule has 0 amide bonds. The maximum atomic E-state index is 15.0. The number of thiophene rings is 1. The van der Waals surface area contributed by atoms with E-state index in [-0.39, 0.29) is 16.3 Å². The zero-order valence-corrected chi connectivity index (χ0v) is 19.5. The monoisotopic (exact) mass is 450 g/mol. The number of nitrogens with zero attached hydrogens (tertiary/aromatic N) is 2. The maximum absolute atomic E-state index is 15.0. The van der Waals surface area contributed by atoms with Crippen molar-refractivity contribution in [2.45, 2.75) is 53.0 Å². The largest absolute Gasteiger partial charge is 0.372 e. The number of imidazole rings is 1. The topological polar surface area (TPSA) is 61.2 Å². The van der Waals surface area contributed by atoms with Gasteiger partial charge in [-0.1, -0.05) is 46.8 Å². The lowest BCUT2D eigenvalue weighted by molar-refractivity contribution is 0.505. The third kappa shape index (κ3) is 5.29. The standard InChI is InChI=1S/C22H27FN2O3S2/c1-14(2)10-17-12-18(20(29-17)28-30(26)27)15-6-7-16(19(23)11-15)13-25-9-8-24-21(25)22(3,4)5/h6-9,11-12,14,30H,10,13H2,1-5H3. The number of rotatable bonds is 7. The van der Waals surface area contributed by atoms with Crippen LogP contribution in [-0.4, -0.2) is 18.0 Å². The predicted molar refractivity (Wildman–Crippen MR) is 119 cm³/mol. The Morgan fingerprint density at radius 1 is 1.23 bits per heavy atom. The maximum Gasteiger partial charge on any atom is 0.299 e. The SMILES string of the molecule is CC(C)Cc1cc(-c2ccc(Cn3ccnc3C(C)(C)C)c(F)c2)c(O[SH](=O)=O)s1. The average molecular weight is 451 g/mol. The molecule has 0 aliphatic carbocycles. The van der Waals surface area contributed by atoms with E-state index in [0.29, 0.717) is 29.2 Å². The van der Waals surface area contributed by atoms with Gasteiger partial charge in [-0.25, -0.2) is 9.37 Å². The Labute approximate surface area is 182 Å². The molecule has 162 valence electrons. The first-order chi connectivity index (χ1) is 14.0. The first kappa shape index (κ1) is 22.5. The molecule has 3 rings (SSSR count). The van der Waals surface area contributed by atoms with Crippen molar-refractivity contribution in [2.24, 2.45) is 5.92 Å². The van der Waals surface area contributed by atoms with Gasteiger partial charge >= 0.3 is 0 Å². The first-order valence-electron chi connectivity index (χ1n) is 9.80. The van der Waals surface area contributed by atoms with Gasteiger partial charge in [0.1, 0.15) is 11.6 Å². The molecule has 0 spiro atoms. The smallest absolute Gasteiger partial charge is 0.299 e. The molecule has 5 nitrogen and oxygen atoms in total. The lowest BCUT2D eigenvalue weighted by Crippen LogP contribution is -2.19. The van der Waals surface area contributed by atoms with Crippen molar-refractivity contribution in [3.63, 3.8) is 0 Å². The van der Waals surface area contributed by atoms with Crippen LogP contribution in [-0.2, 0) is 29.4 Å². The zero-order chi connectivity index (χ0) is 22.1. The minimum atomic E-state index is -3.04. The third-order valence-electron chi connectivity index (χ3n) is 4.61. The molecule has 30 heavy (non-hydrogen) atoms. The highest BCUT2D eigenvalue weighted by Gasteiger charge is 2.21. The van der Waals surface area contributed by atoms with E-state index < -0.39 is 11.0 Å². The van der Waals surface area contributed by atoms with Crippen molar-refractivity contribution in [1.82, 2.24) is 9.55 Å². The van der Waals surface area contributed by atoms with Gasteiger partial charge in [-0.2, -0.15) is 8.42 Å². The fraction of sp³-hybridized carbons (Fsp3) is 0.409. The van der Waals surface area contributed by atoms with Gasteiger partial charge in [-0.3, -0.25) is 0 Å². The van der Waals surface area contributed by atoms with Crippen LogP contribution in [0.25, 0.3) is 11.1 Å². The summed E-state index contributed by atoms with van der Waals surface area (Å²) in [6, 6.07) is 6.87. The summed E-state index contributed by atoms with van der Waals surface area (Å²) in [4.78, 5) is 5.42. The molecule has 0 N–H and O–H groups in total. The fourth-order valence-electron chi connectivity index (χ4n) is 3.37. The zero-order valence-electron chi connectivity index (χ0n) is 17.8. The molecule has 3 aromatic rings. The van der Waals surface area contributed by atoms with Crippen LogP contribution >= 0.6 is 11.3 Å². The van der Waals surface area contributed by atoms with E-state index in [0.717, 1.165) is 17.1 Å². The Bertz CT molecular complexity index is 1100. The highest BCUT2D eigenvalue weighted by atomic mass is 32.2. The second-order valence-electron chi connectivity index (χ2n) is 8.76. The molecule has 0 bridgehead atoms. The van der Waals surface area contributed by atoms with Crippen LogP contribution in [0.4, 0.5) is 4.39 Å². The molecule has 2 aromatic heterocycles. The van der Waals surface area contributed by atoms with E-state index in [9.17, 15) is 12.8 Å². The number of thiol groups is 1. The minimum absolute atomic E-state index is 0.148. The number of aromatic nitrogens is 2. The number of benzene rings is 1. The Balaban J connectivity index is 1.94. The highest BCUT2D eigenvalue weighted by Crippen LogP contribution is 2.40. The quantitative estimate of drug-likeness (QED) is 0.503. The van der Waals surface area contributed by atoms with E-state index in [4.69, 9.17) is 4.18 Å². The highest BCUT2D eigenvalue weighted by molar-refractivity contribution is 7.67. The molecule has 0 aliphatic heterocycles. The van der Waals surface area contributed by atoms with E-state index in [2.05, 4.69) is 39.6 Å². The van der Waals surface area contributed by atoms with Crippen LogP contribution in [0.1, 0.15) is 50.9 Å². The minimum Gasteiger partial charge on any atom is -0.372 e. The lowest BCUT2D eigenvalue weighted by atomic mass is 9.95. The molecule has 0 radical (unpaired) electrons. The predicted octanol–water partition coefficient (Wildman–Crippen LogP) is 5.20. The summed E-state index contributed by atoms with van der Waals surface area (Å²) < 4.78 is 44.2. The molecule has 1 aromatic carbocycles. The van der Waals surface area contributed by atoms with Gasteiger partial charge in [0, 0.05) is 33.8 Å². The van der Waals surface area contributed by atoms with Crippen LogP contribution in [0.2, 0.25) is 0 Å². The Hall–Kier alpha value is -2.19. The normalized spacial score (nSPS) is 12.1. The van der Waals surface area contributed by atoms with E-state index in [1.54, 1.807) is 18.3 Å². The van der Waals surface area contributed by atoms with Gasteiger partial charge in [-0.15, -0.1) is 11.3 Å². The molecular weight excluding hydrogens is 423 g/mol. The molecular formula is C22H27FN2O3S2. The average Bonchev–Trinajstić information content (AvgIpc) is 3.22. The van der Waals surface area contributed by atoms with Crippen molar-refractivity contribution in [1.29, 1.82) is 0 Å². The summed E-state index contributed by atoms with van der Waals surface area (Å²) in [7, 11) is -3.04. The van der Waals surface area contributed by atoms with Crippen molar-refractivity contribution < 1.29 is 17.0 Å². The summed E-state index contributed by atoms with van der Waals surface area (Å²) in [5.74, 6) is 0.948. The van der Waals surface area contributed by atoms with Crippen molar-refractivity contribution >= 4 is 22.3 Å². The number of halogens is 1. The number of hydrogen-bond donors (Lipinski definition) is 1. The molecule has 0 aliphatic rings. The molecule has 0 saturated carbocycles. The van der Waals surface area contributed by atoms with Crippen LogP contribution in [0.15, 0.2) is 36.7 Å². The molecule has 2 heterocycles. The fourth-order valence-corrected chi connectivity index (χ4v) is 5.05. The molecule has 8 heteroatoms.